The number of carboxylic acid groups (broad SMARTS) is 1. The van der Waals surface area contributed by atoms with Crippen LogP contribution >= 0.6 is 11.6 Å². The zero-order chi connectivity index (χ0) is 15.1. The molecule has 1 aromatic rings. The van der Waals surface area contributed by atoms with Crippen molar-refractivity contribution in [1.29, 1.82) is 0 Å². The molecule has 0 amide bonds. The van der Waals surface area contributed by atoms with Crippen molar-refractivity contribution in [2.24, 2.45) is 0 Å². The standard InChI is InChI=1S/C15H20ClNO3/c1-11(2)17(8-9-20-3)14-6-5-13(16)10-12(14)4-7-15(18)19/h4-7,10-11H,8-9H2,1-3H3,(H,18,19)/b7-4+. The predicted octanol–water partition coefficient (Wildman–Crippen LogP) is 3.30. The fraction of sp³-hybridized carbons (Fsp3) is 0.400. The molecule has 0 heterocycles. The van der Waals surface area contributed by atoms with Crippen LogP contribution in [-0.2, 0) is 9.53 Å². The third kappa shape index (κ3) is 4.87. The predicted molar refractivity (Wildman–Crippen MR) is 82.5 cm³/mol. The molecule has 0 bridgehead atoms. The molecule has 1 N–H and O–H groups in total. The van der Waals surface area contributed by atoms with Gasteiger partial charge in [0.1, 0.15) is 0 Å². The zero-order valence-corrected chi connectivity index (χ0v) is 12.7. The maximum Gasteiger partial charge on any atom is 0.328 e. The second-order valence-electron chi connectivity index (χ2n) is 4.65. The van der Waals surface area contributed by atoms with E-state index in [4.69, 9.17) is 21.4 Å². The van der Waals surface area contributed by atoms with E-state index in [0.717, 1.165) is 23.9 Å². The Hall–Kier alpha value is -1.52. The third-order valence-corrected chi connectivity index (χ3v) is 3.10. The zero-order valence-electron chi connectivity index (χ0n) is 12.0. The van der Waals surface area contributed by atoms with Crippen LogP contribution in [0.1, 0.15) is 19.4 Å². The number of carbonyl (C=O) groups is 1. The van der Waals surface area contributed by atoms with E-state index in [0.29, 0.717) is 11.6 Å². The molecule has 0 unspecified atom stereocenters. The summed E-state index contributed by atoms with van der Waals surface area (Å²) in [5.74, 6) is -0.982. The number of carboxylic acids is 1. The number of anilines is 1. The third-order valence-electron chi connectivity index (χ3n) is 2.86. The van der Waals surface area contributed by atoms with Crippen LogP contribution < -0.4 is 4.90 Å². The molecule has 0 saturated carbocycles. The molecule has 0 radical (unpaired) electrons. The topological polar surface area (TPSA) is 49.8 Å². The summed E-state index contributed by atoms with van der Waals surface area (Å²) in [6.07, 6.45) is 2.68. The maximum absolute atomic E-state index is 10.7. The molecule has 0 spiro atoms. The Morgan fingerprint density at radius 3 is 2.75 bits per heavy atom. The molecule has 0 aliphatic heterocycles. The fourth-order valence-electron chi connectivity index (χ4n) is 1.93. The normalized spacial score (nSPS) is 11.2. The molecule has 0 aliphatic rings. The van der Waals surface area contributed by atoms with Crippen LogP contribution in [0.3, 0.4) is 0 Å². The van der Waals surface area contributed by atoms with Crippen molar-refractivity contribution < 1.29 is 14.6 Å². The van der Waals surface area contributed by atoms with E-state index in [1.165, 1.54) is 0 Å². The molecular formula is C15H20ClNO3. The van der Waals surface area contributed by atoms with Gasteiger partial charge in [-0.15, -0.1) is 0 Å². The summed E-state index contributed by atoms with van der Waals surface area (Å²) in [5.41, 5.74) is 1.73. The first-order chi connectivity index (χ1) is 9.45. The highest BCUT2D eigenvalue weighted by atomic mass is 35.5. The van der Waals surface area contributed by atoms with Gasteiger partial charge >= 0.3 is 5.97 Å². The highest BCUT2D eigenvalue weighted by molar-refractivity contribution is 6.30. The first-order valence-corrected chi connectivity index (χ1v) is 6.79. The lowest BCUT2D eigenvalue weighted by Crippen LogP contribution is -2.34. The lowest BCUT2D eigenvalue weighted by atomic mass is 10.1. The van der Waals surface area contributed by atoms with Gasteiger partial charge in [0.15, 0.2) is 0 Å². The van der Waals surface area contributed by atoms with E-state index in [1.807, 2.05) is 6.07 Å². The molecular weight excluding hydrogens is 278 g/mol. The van der Waals surface area contributed by atoms with Crippen LogP contribution in [0, 0.1) is 0 Å². The van der Waals surface area contributed by atoms with Crippen molar-refractivity contribution in [2.75, 3.05) is 25.2 Å². The Balaban J connectivity index is 3.15. The first kappa shape index (κ1) is 16.5. The van der Waals surface area contributed by atoms with Crippen molar-refractivity contribution >= 4 is 29.3 Å². The second kappa shape index (κ2) is 7.92. The molecule has 20 heavy (non-hydrogen) atoms. The number of rotatable bonds is 7. The number of hydrogen-bond donors (Lipinski definition) is 1. The maximum atomic E-state index is 10.7. The van der Waals surface area contributed by atoms with Crippen molar-refractivity contribution in [1.82, 2.24) is 0 Å². The molecule has 0 aromatic heterocycles. The average molecular weight is 298 g/mol. The summed E-state index contributed by atoms with van der Waals surface area (Å²) in [6.45, 7) is 5.48. The molecule has 0 saturated heterocycles. The molecule has 5 heteroatoms. The van der Waals surface area contributed by atoms with Crippen LogP contribution in [0.25, 0.3) is 6.08 Å². The average Bonchev–Trinajstić information content (AvgIpc) is 2.38. The highest BCUT2D eigenvalue weighted by Crippen LogP contribution is 2.27. The van der Waals surface area contributed by atoms with E-state index in [2.05, 4.69) is 18.7 Å². The van der Waals surface area contributed by atoms with E-state index in [9.17, 15) is 4.79 Å². The highest BCUT2D eigenvalue weighted by Gasteiger charge is 2.13. The Kier molecular flexibility index (Phi) is 6.55. The van der Waals surface area contributed by atoms with Gasteiger partial charge in [0.2, 0.25) is 0 Å². The van der Waals surface area contributed by atoms with Gasteiger partial charge in [-0.2, -0.15) is 0 Å². The summed E-state index contributed by atoms with van der Waals surface area (Å²) < 4.78 is 5.13. The summed E-state index contributed by atoms with van der Waals surface area (Å²) >= 11 is 6.00. The molecule has 1 aromatic carbocycles. The number of ether oxygens (including phenoxy) is 1. The Morgan fingerprint density at radius 2 is 2.20 bits per heavy atom. The number of halogens is 1. The lowest BCUT2D eigenvalue weighted by Gasteiger charge is -2.30. The van der Waals surface area contributed by atoms with Gasteiger partial charge in [-0.25, -0.2) is 4.79 Å². The van der Waals surface area contributed by atoms with Crippen molar-refractivity contribution in [3.63, 3.8) is 0 Å². The smallest absolute Gasteiger partial charge is 0.328 e. The van der Waals surface area contributed by atoms with Crippen LogP contribution in [0.2, 0.25) is 5.02 Å². The Morgan fingerprint density at radius 1 is 1.50 bits per heavy atom. The molecule has 0 atom stereocenters. The largest absolute Gasteiger partial charge is 0.478 e. The summed E-state index contributed by atoms with van der Waals surface area (Å²) in [5, 5.41) is 9.35. The van der Waals surface area contributed by atoms with Crippen molar-refractivity contribution in [3.8, 4) is 0 Å². The number of aliphatic carboxylic acids is 1. The minimum Gasteiger partial charge on any atom is -0.478 e. The number of benzene rings is 1. The van der Waals surface area contributed by atoms with E-state index in [-0.39, 0.29) is 6.04 Å². The van der Waals surface area contributed by atoms with E-state index < -0.39 is 5.97 Å². The monoisotopic (exact) mass is 297 g/mol. The quantitative estimate of drug-likeness (QED) is 0.785. The molecule has 4 nitrogen and oxygen atoms in total. The minimum atomic E-state index is -0.982. The van der Waals surface area contributed by atoms with Crippen LogP contribution in [0.5, 0.6) is 0 Å². The summed E-state index contributed by atoms with van der Waals surface area (Å²) in [4.78, 5) is 12.8. The van der Waals surface area contributed by atoms with Crippen LogP contribution in [0.4, 0.5) is 5.69 Å². The van der Waals surface area contributed by atoms with Gasteiger partial charge in [-0.1, -0.05) is 11.6 Å². The van der Waals surface area contributed by atoms with Gasteiger partial charge in [0.05, 0.1) is 6.61 Å². The molecule has 110 valence electrons. The molecule has 0 fully saturated rings. The summed E-state index contributed by atoms with van der Waals surface area (Å²) in [6, 6.07) is 5.73. The lowest BCUT2D eigenvalue weighted by molar-refractivity contribution is -0.131. The molecule has 0 aliphatic carbocycles. The second-order valence-corrected chi connectivity index (χ2v) is 5.09. The van der Waals surface area contributed by atoms with Gasteiger partial charge in [0.25, 0.3) is 0 Å². The first-order valence-electron chi connectivity index (χ1n) is 6.42. The fourth-order valence-corrected chi connectivity index (χ4v) is 2.11. The molecule has 1 rings (SSSR count). The van der Waals surface area contributed by atoms with E-state index >= 15 is 0 Å². The van der Waals surface area contributed by atoms with Gasteiger partial charge in [-0.3, -0.25) is 0 Å². The van der Waals surface area contributed by atoms with Gasteiger partial charge < -0.3 is 14.7 Å². The SMILES string of the molecule is COCCN(c1ccc(Cl)cc1/C=C/C(=O)O)C(C)C. The Labute approximate surface area is 124 Å². The van der Waals surface area contributed by atoms with E-state index in [1.54, 1.807) is 25.3 Å². The number of hydrogen-bond acceptors (Lipinski definition) is 3. The minimum absolute atomic E-state index is 0.267. The number of methoxy groups -OCH3 is 1. The van der Waals surface area contributed by atoms with Crippen molar-refractivity contribution in [3.05, 3.63) is 34.9 Å². The van der Waals surface area contributed by atoms with Gasteiger partial charge in [-0.05, 0) is 43.7 Å². The van der Waals surface area contributed by atoms with Crippen LogP contribution in [-0.4, -0.2) is 37.4 Å². The summed E-state index contributed by atoms with van der Waals surface area (Å²) in [7, 11) is 1.66. The Bertz CT molecular complexity index is 486. The van der Waals surface area contributed by atoms with Crippen molar-refractivity contribution in [2.45, 2.75) is 19.9 Å². The van der Waals surface area contributed by atoms with Gasteiger partial charge in [0, 0.05) is 36.5 Å². The number of nitrogens with zero attached hydrogens (tertiary/aromatic N) is 1. The van der Waals surface area contributed by atoms with Crippen LogP contribution in [0.15, 0.2) is 24.3 Å².